The maximum Gasteiger partial charge on any atom is 0.323 e. The molecule has 11 nitrogen and oxygen atoms in total. The van der Waals surface area contributed by atoms with Crippen molar-refractivity contribution in [3.05, 3.63) is 41.6 Å². The molecule has 0 aromatic heterocycles. The number of benzene rings is 1. The van der Waals surface area contributed by atoms with Gasteiger partial charge in [0.1, 0.15) is 5.84 Å². The molecular formula is C27H40N8O3. The first kappa shape index (κ1) is 27.7. The van der Waals surface area contributed by atoms with Crippen molar-refractivity contribution >= 4 is 29.9 Å². The van der Waals surface area contributed by atoms with Crippen LogP contribution in [0.3, 0.4) is 0 Å². The van der Waals surface area contributed by atoms with E-state index in [9.17, 15) is 14.4 Å². The third kappa shape index (κ3) is 7.18. The standard InChI is InChI=1S/C27H40N8O3/c1-27(2,29)25(37)34-9-11-35(12-10-34)26(38)33-24(7-8-30-17-36)32-22-6-4-18-13-21(5-3-19(18)14-22)31-23-15-20(28)16-23/h4,6-8,14,17,20-21,23,31H,3,5,9-13,15-16,28-29H2,1-2H3,(H,30,36)(H,32,33,38)/b8-7-. The van der Waals surface area contributed by atoms with Crippen LogP contribution in [0.4, 0.5) is 10.5 Å². The van der Waals surface area contributed by atoms with Crippen molar-refractivity contribution in [3.8, 4) is 0 Å². The van der Waals surface area contributed by atoms with E-state index >= 15 is 0 Å². The lowest BCUT2D eigenvalue weighted by Gasteiger charge is -2.38. The van der Waals surface area contributed by atoms with Crippen molar-refractivity contribution < 1.29 is 14.4 Å². The Balaban J connectivity index is 1.38. The minimum atomic E-state index is -0.947. The fourth-order valence-electron chi connectivity index (χ4n) is 5.21. The summed E-state index contributed by atoms with van der Waals surface area (Å²) in [6.07, 6.45) is 8.63. The lowest BCUT2D eigenvalue weighted by Crippen LogP contribution is -2.59. The van der Waals surface area contributed by atoms with Gasteiger partial charge in [-0.2, -0.15) is 0 Å². The van der Waals surface area contributed by atoms with Crippen LogP contribution in [0.5, 0.6) is 0 Å². The molecule has 1 saturated carbocycles. The number of piperazine rings is 1. The molecule has 206 valence electrons. The Morgan fingerprint density at radius 2 is 1.79 bits per heavy atom. The molecule has 1 aliphatic heterocycles. The fraction of sp³-hybridized carbons (Fsp3) is 0.556. The number of nitrogens with two attached hydrogens (primary N) is 2. The van der Waals surface area contributed by atoms with Crippen LogP contribution >= 0.6 is 0 Å². The Kier molecular flexibility index (Phi) is 8.80. The Labute approximate surface area is 224 Å². The van der Waals surface area contributed by atoms with Crippen molar-refractivity contribution in [1.82, 2.24) is 25.8 Å². The molecule has 7 N–H and O–H groups in total. The van der Waals surface area contributed by atoms with Crippen molar-refractivity contribution in [2.75, 3.05) is 26.2 Å². The Bertz CT molecular complexity index is 1080. The molecule has 1 aromatic carbocycles. The van der Waals surface area contributed by atoms with Crippen molar-refractivity contribution in [2.45, 2.75) is 69.6 Å². The highest BCUT2D eigenvalue weighted by Gasteiger charge is 2.32. The first-order chi connectivity index (χ1) is 18.1. The normalized spacial score (nSPS) is 24.0. The highest BCUT2D eigenvalue weighted by molar-refractivity contribution is 6.05. The van der Waals surface area contributed by atoms with Crippen LogP contribution in [-0.2, 0) is 22.4 Å². The van der Waals surface area contributed by atoms with Gasteiger partial charge in [-0.3, -0.25) is 14.9 Å². The van der Waals surface area contributed by atoms with Gasteiger partial charge >= 0.3 is 6.03 Å². The predicted octanol–water partition coefficient (Wildman–Crippen LogP) is 0.504. The van der Waals surface area contributed by atoms with E-state index in [-0.39, 0.29) is 11.9 Å². The number of nitrogens with one attached hydrogen (secondary N) is 3. The summed E-state index contributed by atoms with van der Waals surface area (Å²) in [4.78, 5) is 44.1. The van der Waals surface area contributed by atoms with E-state index in [1.807, 2.05) is 6.07 Å². The van der Waals surface area contributed by atoms with Crippen molar-refractivity contribution in [2.24, 2.45) is 16.5 Å². The van der Waals surface area contributed by atoms with Crippen LogP contribution in [0.2, 0.25) is 0 Å². The Morgan fingerprint density at radius 1 is 1.08 bits per heavy atom. The molecule has 1 saturated heterocycles. The molecule has 1 unspecified atom stereocenters. The number of nitrogens with zero attached hydrogens (tertiary/aromatic N) is 3. The summed E-state index contributed by atoms with van der Waals surface area (Å²) < 4.78 is 0. The third-order valence-electron chi connectivity index (χ3n) is 7.36. The third-order valence-corrected chi connectivity index (χ3v) is 7.36. The summed E-state index contributed by atoms with van der Waals surface area (Å²) in [6, 6.07) is 7.15. The van der Waals surface area contributed by atoms with E-state index in [1.165, 1.54) is 17.3 Å². The number of amidine groups is 1. The topological polar surface area (TPSA) is 158 Å². The Hall–Kier alpha value is -3.28. The van der Waals surface area contributed by atoms with Crippen molar-refractivity contribution in [3.63, 3.8) is 0 Å². The summed E-state index contributed by atoms with van der Waals surface area (Å²) >= 11 is 0. The van der Waals surface area contributed by atoms with Crippen LogP contribution in [0.15, 0.2) is 35.5 Å². The fourth-order valence-corrected chi connectivity index (χ4v) is 5.21. The molecule has 1 atom stereocenters. The molecule has 4 rings (SSSR count). The molecule has 0 radical (unpaired) electrons. The predicted molar refractivity (Wildman–Crippen MR) is 147 cm³/mol. The maximum absolute atomic E-state index is 13.0. The Morgan fingerprint density at radius 3 is 2.45 bits per heavy atom. The second-order valence-corrected chi connectivity index (χ2v) is 11.0. The zero-order valence-corrected chi connectivity index (χ0v) is 22.3. The van der Waals surface area contributed by atoms with Crippen LogP contribution in [0, 0.1) is 0 Å². The summed E-state index contributed by atoms with van der Waals surface area (Å²) in [5, 5.41) is 9.03. The summed E-state index contributed by atoms with van der Waals surface area (Å²) in [7, 11) is 0. The van der Waals surface area contributed by atoms with Crippen LogP contribution < -0.4 is 27.4 Å². The van der Waals surface area contributed by atoms with E-state index in [4.69, 9.17) is 11.5 Å². The second-order valence-electron chi connectivity index (χ2n) is 11.0. The quantitative estimate of drug-likeness (QED) is 0.199. The van der Waals surface area contributed by atoms with Gasteiger partial charge < -0.3 is 31.9 Å². The largest absolute Gasteiger partial charge is 0.338 e. The summed E-state index contributed by atoms with van der Waals surface area (Å²) in [5.41, 5.74) is 14.2. The van der Waals surface area contributed by atoms with E-state index in [0.717, 1.165) is 37.8 Å². The van der Waals surface area contributed by atoms with Crippen LogP contribution in [-0.4, -0.2) is 83.8 Å². The van der Waals surface area contributed by atoms with Gasteiger partial charge in [0, 0.05) is 50.5 Å². The average Bonchev–Trinajstić information content (AvgIpc) is 2.87. The summed E-state index contributed by atoms with van der Waals surface area (Å²) in [5.74, 6) is 0.173. The molecule has 2 aliphatic carbocycles. The van der Waals surface area contributed by atoms with Crippen molar-refractivity contribution in [1.29, 1.82) is 0 Å². The number of fused-ring (bicyclic) bond motifs is 1. The van der Waals surface area contributed by atoms with Gasteiger partial charge in [-0.1, -0.05) is 6.07 Å². The molecule has 3 aliphatic rings. The lowest BCUT2D eigenvalue weighted by molar-refractivity contribution is -0.137. The van der Waals surface area contributed by atoms with E-state index in [1.54, 1.807) is 29.7 Å². The molecular weight excluding hydrogens is 484 g/mol. The molecule has 1 heterocycles. The maximum atomic E-state index is 13.0. The van der Waals surface area contributed by atoms with Gasteiger partial charge in [0.15, 0.2) is 0 Å². The molecule has 1 aromatic rings. The number of carbonyl (C=O) groups is 3. The molecule has 0 spiro atoms. The SMILES string of the molecule is CC(C)(N)C(=O)N1CCN(C(=O)NC(/C=C\NC=O)=Nc2ccc3c(c2)CCC(NC2CC(N)C2)C3)CC1. The molecule has 38 heavy (non-hydrogen) atoms. The first-order valence-corrected chi connectivity index (χ1v) is 13.3. The van der Waals surface area contributed by atoms with Gasteiger partial charge in [-0.05, 0) is 75.3 Å². The highest BCUT2D eigenvalue weighted by Crippen LogP contribution is 2.28. The summed E-state index contributed by atoms with van der Waals surface area (Å²) in [6.45, 7) is 4.96. The molecule has 2 fully saturated rings. The number of aryl methyl sites for hydroxylation is 1. The van der Waals surface area contributed by atoms with Gasteiger partial charge in [0.25, 0.3) is 0 Å². The molecule has 4 amide bonds. The van der Waals surface area contributed by atoms with Gasteiger partial charge in [0.2, 0.25) is 12.3 Å². The average molecular weight is 525 g/mol. The van der Waals surface area contributed by atoms with E-state index < -0.39 is 5.54 Å². The number of aliphatic imine (C=N–C) groups is 1. The van der Waals surface area contributed by atoms with E-state index in [2.05, 4.69) is 33.1 Å². The highest BCUT2D eigenvalue weighted by atomic mass is 16.2. The minimum Gasteiger partial charge on any atom is -0.338 e. The smallest absolute Gasteiger partial charge is 0.323 e. The number of amides is 4. The number of carbonyl (C=O) groups excluding carboxylic acids is 3. The monoisotopic (exact) mass is 524 g/mol. The second kappa shape index (κ2) is 12.1. The number of urea groups is 1. The number of hydrogen-bond donors (Lipinski definition) is 5. The number of hydrogen-bond acceptors (Lipinski definition) is 7. The van der Waals surface area contributed by atoms with E-state index in [0.29, 0.717) is 56.6 Å². The van der Waals surface area contributed by atoms with Gasteiger partial charge in [0.05, 0.1) is 11.2 Å². The molecule has 0 bridgehead atoms. The van der Waals surface area contributed by atoms with Crippen LogP contribution in [0.25, 0.3) is 0 Å². The number of rotatable bonds is 7. The lowest BCUT2D eigenvalue weighted by atomic mass is 9.83. The van der Waals surface area contributed by atoms with Gasteiger partial charge in [-0.25, -0.2) is 9.79 Å². The zero-order chi connectivity index (χ0) is 27.3. The van der Waals surface area contributed by atoms with Crippen LogP contribution in [0.1, 0.15) is 44.2 Å². The molecule has 11 heteroatoms. The zero-order valence-electron chi connectivity index (χ0n) is 22.3. The first-order valence-electron chi connectivity index (χ1n) is 13.3. The van der Waals surface area contributed by atoms with Gasteiger partial charge in [-0.15, -0.1) is 0 Å². The minimum absolute atomic E-state index is 0.135.